The molecule has 0 spiro atoms. The monoisotopic (exact) mass is 385 g/mol. The summed E-state index contributed by atoms with van der Waals surface area (Å²) in [7, 11) is -5.09. The van der Waals surface area contributed by atoms with Crippen molar-refractivity contribution in [1.29, 1.82) is 0 Å². The van der Waals surface area contributed by atoms with Gasteiger partial charge in [-0.3, -0.25) is 14.8 Å². The maximum Gasteiger partial charge on any atom is 0.293 e. The lowest BCUT2D eigenvalue weighted by molar-refractivity contribution is -0.383. The van der Waals surface area contributed by atoms with Crippen molar-refractivity contribution in [1.82, 2.24) is 4.31 Å². The second kappa shape index (κ2) is 6.78. The summed E-state index contributed by atoms with van der Waals surface area (Å²) in [4.78, 5) is 9.97. The van der Waals surface area contributed by atoms with Gasteiger partial charge in [0.25, 0.3) is 15.7 Å². The third-order valence-electron chi connectivity index (χ3n) is 3.26. The zero-order chi connectivity index (χ0) is 18.8. The normalized spacial score (nSPS) is 12.1. The van der Waals surface area contributed by atoms with Crippen molar-refractivity contribution in [3.05, 3.63) is 58.6 Å². The van der Waals surface area contributed by atoms with Gasteiger partial charge in [-0.25, -0.2) is 21.1 Å². The number of benzene rings is 2. The molecule has 0 saturated heterocycles. The first-order chi connectivity index (χ1) is 11.6. The molecule has 2 aromatic carbocycles. The molecule has 0 bridgehead atoms. The largest absolute Gasteiger partial charge is 0.293 e. The number of rotatable bonds is 6. The van der Waals surface area contributed by atoms with Crippen LogP contribution in [0.1, 0.15) is 0 Å². The highest BCUT2D eigenvalue weighted by atomic mass is 32.2. The van der Waals surface area contributed by atoms with Gasteiger partial charge in [0.15, 0.2) is 0 Å². The number of nitrogens with zero attached hydrogens (tertiary/aromatic N) is 2. The Balaban J connectivity index is 2.37. The molecule has 2 aromatic rings. The van der Waals surface area contributed by atoms with E-state index in [1.165, 1.54) is 38.4 Å². The molecule has 0 aliphatic carbocycles. The van der Waals surface area contributed by atoms with Crippen molar-refractivity contribution in [2.45, 2.75) is 9.79 Å². The quantitative estimate of drug-likeness (QED) is 0.595. The van der Waals surface area contributed by atoms with E-state index in [1.807, 2.05) is 0 Å². The van der Waals surface area contributed by atoms with Crippen LogP contribution in [0.15, 0.2) is 58.3 Å². The molecule has 11 heteroatoms. The minimum atomic E-state index is -4.11. The van der Waals surface area contributed by atoms with Crippen molar-refractivity contribution in [3.63, 3.8) is 0 Å². The van der Waals surface area contributed by atoms with E-state index in [-0.39, 0.29) is 15.5 Å². The average Bonchev–Trinajstić information content (AvgIpc) is 2.54. The Labute approximate surface area is 145 Å². The molecule has 0 unspecified atom stereocenters. The molecular weight excluding hydrogens is 370 g/mol. The van der Waals surface area contributed by atoms with Crippen molar-refractivity contribution < 1.29 is 21.8 Å². The fraction of sp³-hybridized carbons (Fsp3) is 0.143. The van der Waals surface area contributed by atoms with Crippen molar-refractivity contribution in [2.24, 2.45) is 0 Å². The number of nitrogens with one attached hydrogen (secondary N) is 1. The second-order valence-electron chi connectivity index (χ2n) is 5.14. The van der Waals surface area contributed by atoms with Gasteiger partial charge < -0.3 is 0 Å². The Morgan fingerprint density at radius 3 is 1.96 bits per heavy atom. The Morgan fingerprint density at radius 2 is 1.44 bits per heavy atom. The minimum absolute atomic E-state index is 0.0675. The van der Waals surface area contributed by atoms with E-state index < -0.39 is 30.7 Å². The van der Waals surface area contributed by atoms with Gasteiger partial charge in [0.1, 0.15) is 5.69 Å². The van der Waals surface area contributed by atoms with Gasteiger partial charge >= 0.3 is 0 Å². The van der Waals surface area contributed by atoms with Crippen LogP contribution >= 0.6 is 0 Å². The fourth-order valence-electron chi connectivity index (χ4n) is 1.92. The van der Waals surface area contributed by atoms with Crippen LogP contribution in [0.5, 0.6) is 0 Å². The lowest BCUT2D eigenvalue weighted by atomic mass is 10.3. The van der Waals surface area contributed by atoms with Gasteiger partial charge in [0.2, 0.25) is 10.0 Å². The number of nitro groups is 1. The summed E-state index contributed by atoms with van der Waals surface area (Å²) in [6, 6.07) is 9.85. The zero-order valence-corrected chi connectivity index (χ0v) is 14.9. The standard InChI is InChI=1S/C14H15N3O6S2/c1-16(2)25(22,23)12-9-7-11(8-10-12)24(20,21)15-13-5-3-4-6-14(13)17(18)19/h3-10,15H,1-2H3. The average molecular weight is 385 g/mol. The summed E-state index contributed by atoms with van der Waals surface area (Å²) in [5.41, 5.74) is -0.574. The maximum atomic E-state index is 12.4. The van der Waals surface area contributed by atoms with Crippen molar-refractivity contribution in [2.75, 3.05) is 18.8 Å². The summed E-state index contributed by atoms with van der Waals surface area (Å²) < 4.78 is 51.9. The highest BCUT2D eigenvalue weighted by Crippen LogP contribution is 2.26. The predicted octanol–water partition coefficient (Wildman–Crippen LogP) is 1.65. The second-order valence-corrected chi connectivity index (χ2v) is 8.97. The van der Waals surface area contributed by atoms with Crippen LogP contribution in [0.3, 0.4) is 0 Å². The summed E-state index contributed by atoms with van der Waals surface area (Å²) in [5.74, 6) is 0. The SMILES string of the molecule is CN(C)S(=O)(=O)c1ccc(S(=O)(=O)Nc2ccccc2[N+](=O)[O-])cc1. The lowest BCUT2D eigenvalue weighted by Crippen LogP contribution is -2.22. The molecule has 25 heavy (non-hydrogen) atoms. The molecule has 0 atom stereocenters. The predicted molar refractivity (Wildman–Crippen MR) is 91.2 cm³/mol. The van der Waals surface area contributed by atoms with Crippen molar-refractivity contribution >= 4 is 31.4 Å². The summed E-state index contributed by atoms with van der Waals surface area (Å²) in [6.07, 6.45) is 0. The topological polar surface area (TPSA) is 127 Å². The van der Waals surface area contributed by atoms with Crippen LogP contribution in [-0.4, -0.2) is 40.2 Å². The highest BCUT2D eigenvalue weighted by Gasteiger charge is 2.22. The highest BCUT2D eigenvalue weighted by molar-refractivity contribution is 7.92. The number of hydrogen-bond donors (Lipinski definition) is 1. The molecule has 0 radical (unpaired) electrons. The first kappa shape index (κ1) is 18.8. The minimum Gasteiger partial charge on any atom is -0.273 e. The maximum absolute atomic E-state index is 12.4. The van der Waals surface area contributed by atoms with E-state index in [9.17, 15) is 26.9 Å². The molecule has 2 rings (SSSR count). The Morgan fingerprint density at radius 1 is 0.920 bits per heavy atom. The summed E-state index contributed by atoms with van der Waals surface area (Å²) >= 11 is 0. The van der Waals surface area contributed by atoms with E-state index in [2.05, 4.69) is 4.72 Å². The van der Waals surface area contributed by atoms with E-state index in [0.717, 1.165) is 28.6 Å². The number of hydrogen-bond acceptors (Lipinski definition) is 6. The van der Waals surface area contributed by atoms with Crippen LogP contribution in [0.2, 0.25) is 0 Å². The van der Waals surface area contributed by atoms with E-state index in [4.69, 9.17) is 0 Å². The number of nitro benzene ring substituents is 1. The van der Waals surface area contributed by atoms with Gasteiger partial charge in [-0.05, 0) is 30.3 Å². The smallest absolute Gasteiger partial charge is 0.273 e. The molecule has 0 aliphatic rings. The van der Waals surface area contributed by atoms with Gasteiger partial charge in [0.05, 0.1) is 14.7 Å². The van der Waals surface area contributed by atoms with E-state index >= 15 is 0 Å². The molecule has 0 fully saturated rings. The zero-order valence-electron chi connectivity index (χ0n) is 13.3. The molecule has 1 N–H and O–H groups in total. The first-order valence-electron chi connectivity index (χ1n) is 6.84. The third-order valence-corrected chi connectivity index (χ3v) is 6.47. The third kappa shape index (κ3) is 3.95. The molecule has 0 amide bonds. The molecule has 9 nitrogen and oxygen atoms in total. The molecule has 0 saturated carbocycles. The van der Waals surface area contributed by atoms with Gasteiger partial charge in [-0.15, -0.1) is 0 Å². The molecule has 0 aliphatic heterocycles. The van der Waals surface area contributed by atoms with Crippen LogP contribution in [0.25, 0.3) is 0 Å². The first-order valence-corrected chi connectivity index (χ1v) is 9.77. The van der Waals surface area contributed by atoms with E-state index in [1.54, 1.807) is 0 Å². The Bertz CT molecular complexity index is 999. The van der Waals surface area contributed by atoms with Crippen LogP contribution in [0, 0.1) is 10.1 Å². The van der Waals surface area contributed by atoms with E-state index in [0.29, 0.717) is 0 Å². The Kier molecular flexibility index (Phi) is 5.11. The number of sulfonamides is 2. The summed E-state index contributed by atoms with van der Waals surface area (Å²) in [6.45, 7) is 0. The van der Waals surface area contributed by atoms with Gasteiger partial charge in [-0.2, -0.15) is 0 Å². The van der Waals surface area contributed by atoms with Crippen LogP contribution < -0.4 is 4.72 Å². The van der Waals surface area contributed by atoms with Crippen LogP contribution in [-0.2, 0) is 20.0 Å². The lowest BCUT2D eigenvalue weighted by Gasteiger charge is -2.12. The number of para-hydroxylation sites is 2. The molecule has 0 aromatic heterocycles. The Hall–Kier alpha value is -2.50. The molecular formula is C14H15N3O6S2. The molecule has 134 valence electrons. The summed E-state index contributed by atoms with van der Waals surface area (Å²) in [5, 5.41) is 11.0. The number of anilines is 1. The fourth-order valence-corrected chi connectivity index (χ4v) is 3.90. The van der Waals surface area contributed by atoms with Crippen LogP contribution in [0.4, 0.5) is 11.4 Å². The van der Waals surface area contributed by atoms with Gasteiger partial charge in [0, 0.05) is 20.2 Å². The van der Waals surface area contributed by atoms with Gasteiger partial charge in [-0.1, -0.05) is 12.1 Å². The van der Waals surface area contributed by atoms with Crippen molar-refractivity contribution in [3.8, 4) is 0 Å². The molecule has 0 heterocycles.